The molecule has 0 aliphatic carbocycles. The molecule has 0 aromatic heterocycles. The highest BCUT2D eigenvalue weighted by Gasteiger charge is 2.17. The smallest absolute Gasteiger partial charge is 0.323 e. The van der Waals surface area contributed by atoms with Crippen molar-refractivity contribution in [2.45, 2.75) is 19.4 Å². The number of amides is 1. The molecule has 1 N–H and O–H groups in total. The first-order chi connectivity index (χ1) is 10.2. The highest BCUT2D eigenvalue weighted by Crippen LogP contribution is 2.12. The van der Waals surface area contributed by atoms with Crippen LogP contribution in [0.15, 0.2) is 24.3 Å². The molecule has 0 radical (unpaired) electrons. The summed E-state index contributed by atoms with van der Waals surface area (Å²) >= 11 is 5.77. The van der Waals surface area contributed by atoms with Gasteiger partial charge < -0.3 is 10.0 Å². The molecule has 122 valence electrons. The van der Waals surface area contributed by atoms with Crippen LogP contribution in [0.25, 0.3) is 0 Å². The first-order valence-electron chi connectivity index (χ1n) is 6.59. The fourth-order valence-electron chi connectivity index (χ4n) is 1.85. The van der Waals surface area contributed by atoms with Crippen LogP contribution in [0.1, 0.15) is 18.4 Å². The summed E-state index contributed by atoms with van der Waals surface area (Å²) in [5.74, 6) is -1.60. The highest BCUT2D eigenvalue weighted by atomic mass is 35.5. The fourth-order valence-corrected chi connectivity index (χ4v) is 2.64. The number of carbonyl (C=O) groups excluding carboxylic acids is 1. The van der Waals surface area contributed by atoms with E-state index in [0.717, 1.165) is 11.8 Å². The van der Waals surface area contributed by atoms with Gasteiger partial charge in [-0.2, -0.15) is 0 Å². The van der Waals surface area contributed by atoms with Crippen molar-refractivity contribution in [2.24, 2.45) is 0 Å². The molecule has 0 atom stereocenters. The Morgan fingerprint density at radius 3 is 2.32 bits per heavy atom. The molecule has 0 saturated heterocycles. The summed E-state index contributed by atoms with van der Waals surface area (Å²) in [5, 5.41) is 9.45. The van der Waals surface area contributed by atoms with E-state index in [-0.39, 0.29) is 31.0 Å². The van der Waals surface area contributed by atoms with Gasteiger partial charge in [-0.3, -0.25) is 9.59 Å². The molecular formula is C14H18ClNO5S. The summed E-state index contributed by atoms with van der Waals surface area (Å²) in [5.41, 5.74) is 0.752. The Morgan fingerprint density at radius 2 is 1.82 bits per heavy atom. The molecule has 0 saturated carbocycles. The number of rotatable bonds is 8. The van der Waals surface area contributed by atoms with E-state index in [2.05, 4.69) is 0 Å². The molecule has 0 unspecified atom stereocenters. The lowest BCUT2D eigenvalue weighted by Gasteiger charge is -2.21. The Kier molecular flexibility index (Phi) is 6.83. The van der Waals surface area contributed by atoms with E-state index in [9.17, 15) is 18.0 Å². The maximum Gasteiger partial charge on any atom is 0.323 e. The standard InChI is InChI=1S/C14H18ClNO5S/c1-22(20,21)8-2-3-13(17)16(10-14(18)19)9-11-4-6-12(15)7-5-11/h4-7H,2-3,8-10H2,1H3,(H,18,19). The Hall–Kier alpha value is -1.60. The molecule has 1 rings (SSSR count). The van der Waals surface area contributed by atoms with Crippen LogP contribution in [0.2, 0.25) is 5.02 Å². The van der Waals surface area contributed by atoms with Gasteiger partial charge in [0, 0.05) is 24.2 Å². The Balaban J connectivity index is 2.68. The van der Waals surface area contributed by atoms with Gasteiger partial charge in [0.2, 0.25) is 5.91 Å². The summed E-state index contributed by atoms with van der Waals surface area (Å²) in [4.78, 5) is 24.1. The lowest BCUT2D eigenvalue weighted by molar-refractivity contribution is -0.144. The van der Waals surface area contributed by atoms with E-state index in [4.69, 9.17) is 16.7 Å². The van der Waals surface area contributed by atoms with Crippen LogP contribution < -0.4 is 0 Å². The van der Waals surface area contributed by atoms with Crippen molar-refractivity contribution in [1.29, 1.82) is 0 Å². The van der Waals surface area contributed by atoms with Crippen LogP contribution in [0.4, 0.5) is 0 Å². The molecular weight excluding hydrogens is 330 g/mol. The number of hydrogen-bond donors (Lipinski definition) is 1. The lowest BCUT2D eigenvalue weighted by atomic mass is 10.2. The molecule has 8 heteroatoms. The zero-order valence-electron chi connectivity index (χ0n) is 12.2. The Morgan fingerprint density at radius 1 is 1.23 bits per heavy atom. The number of carboxylic acids is 1. The second kappa shape index (κ2) is 8.14. The second-order valence-electron chi connectivity index (χ2n) is 5.00. The number of halogens is 1. The first kappa shape index (κ1) is 18.4. The van der Waals surface area contributed by atoms with Gasteiger partial charge in [0.15, 0.2) is 0 Å². The van der Waals surface area contributed by atoms with Gasteiger partial charge in [0.1, 0.15) is 16.4 Å². The van der Waals surface area contributed by atoms with Crippen molar-refractivity contribution in [1.82, 2.24) is 4.90 Å². The van der Waals surface area contributed by atoms with E-state index >= 15 is 0 Å². The minimum atomic E-state index is -3.13. The molecule has 0 spiro atoms. The molecule has 22 heavy (non-hydrogen) atoms. The summed E-state index contributed by atoms with van der Waals surface area (Å²) in [6.07, 6.45) is 1.27. The summed E-state index contributed by atoms with van der Waals surface area (Å²) in [6, 6.07) is 6.73. The van der Waals surface area contributed by atoms with Gasteiger partial charge in [0.25, 0.3) is 0 Å². The highest BCUT2D eigenvalue weighted by molar-refractivity contribution is 7.90. The SMILES string of the molecule is CS(=O)(=O)CCCC(=O)N(CC(=O)O)Cc1ccc(Cl)cc1. The van der Waals surface area contributed by atoms with Crippen LogP contribution in [0, 0.1) is 0 Å². The largest absolute Gasteiger partial charge is 0.480 e. The predicted octanol–water partition coefficient (Wildman–Crippen LogP) is 1.58. The van der Waals surface area contributed by atoms with Gasteiger partial charge in [0.05, 0.1) is 5.75 Å². The number of aliphatic carboxylic acids is 1. The van der Waals surface area contributed by atoms with Crippen LogP contribution >= 0.6 is 11.6 Å². The molecule has 0 fully saturated rings. The quantitative estimate of drug-likeness (QED) is 0.770. The average molecular weight is 348 g/mol. The molecule has 1 aromatic carbocycles. The van der Waals surface area contributed by atoms with E-state index in [1.807, 2.05) is 0 Å². The molecule has 1 amide bonds. The third-order valence-electron chi connectivity index (χ3n) is 2.87. The van der Waals surface area contributed by atoms with Gasteiger partial charge in [-0.15, -0.1) is 0 Å². The van der Waals surface area contributed by atoms with E-state index in [1.165, 1.54) is 4.90 Å². The van der Waals surface area contributed by atoms with Crippen molar-refractivity contribution < 1.29 is 23.1 Å². The molecule has 1 aromatic rings. The van der Waals surface area contributed by atoms with Gasteiger partial charge >= 0.3 is 5.97 Å². The number of hydrogen-bond acceptors (Lipinski definition) is 4. The monoisotopic (exact) mass is 347 g/mol. The van der Waals surface area contributed by atoms with Crippen LogP contribution in [-0.4, -0.2) is 48.9 Å². The number of nitrogens with zero attached hydrogens (tertiary/aromatic N) is 1. The maximum atomic E-state index is 12.1. The van der Waals surface area contributed by atoms with Crippen molar-refractivity contribution in [2.75, 3.05) is 18.6 Å². The summed E-state index contributed by atoms with van der Waals surface area (Å²) < 4.78 is 22.1. The third-order valence-corrected chi connectivity index (χ3v) is 4.15. The molecule has 0 aliphatic heterocycles. The number of carbonyl (C=O) groups is 2. The van der Waals surface area contributed by atoms with Gasteiger partial charge in [-0.25, -0.2) is 8.42 Å². The predicted molar refractivity (Wildman–Crippen MR) is 83.4 cm³/mol. The fraction of sp³-hybridized carbons (Fsp3) is 0.429. The van der Waals surface area contributed by atoms with Gasteiger partial charge in [-0.05, 0) is 24.1 Å². The maximum absolute atomic E-state index is 12.1. The third kappa shape index (κ3) is 7.42. The average Bonchev–Trinajstić information content (AvgIpc) is 2.38. The Bertz CT molecular complexity index is 627. The number of sulfone groups is 1. The molecule has 6 nitrogen and oxygen atoms in total. The van der Waals surface area contributed by atoms with Crippen LogP contribution in [0.5, 0.6) is 0 Å². The minimum absolute atomic E-state index is 0.00601. The summed E-state index contributed by atoms with van der Waals surface area (Å²) in [6.45, 7) is -0.290. The van der Waals surface area contributed by atoms with Crippen molar-refractivity contribution in [3.63, 3.8) is 0 Å². The van der Waals surface area contributed by atoms with Crippen molar-refractivity contribution >= 4 is 33.3 Å². The lowest BCUT2D eigenvalue weighted by Crippen LogP contribution is -2.35. The zero-order valence-corrected chi connectivity index (χ0v) is 13.7. The van der Waals surface area contributed by atoms with E-state index in [0.29, 0.717) is 5.02 Å². The summed E-state index contributed by atoms with van der Waals surface area (Å²) in [7, 11) is -3.13. The normalized spacial score (nSPS) is 11.2. The first-order valence-corrected chi connectivity index (χ1v) is 9.03. The van der Waals surface area contributed by atoms with Crippen LogP contribution in [-0.2, 0) is 26.0 Å². The number of carboxylic acid groups (broad SMARTS) is 1. The zero-order chi connectivity index (χ0) is 16.8. The second-order valence-corrected chi connectivity index (χ2v) is 7.70. The minimum Gasteiger partial charge on any atom is -0.480 e. The van der Waals surface area contributed by atoms with Crippen molar-refractivity contribution in [3.05, 3.63) is 34.9 Å². The molecule has 0 bridgehead atoms. The van der Waals surface area contributed by atoms with Crippen LogP contribution in [0.3, 0.4) is 0 Å². The number of benzene rings is 1. The topological polar surface area (TPSA) is 91.8 Å². The van der Waals surface area contributed by atoms with Gasteiger partial charge in [-0.1, -0.05) is 23.7 Å². The van der Waals surface area contributed by atoms with Crippen molar-refractivity contribution in [3.8, 4) is 0 Å². The van der Waals surface area contributed by atoms with E-state index < -0.39 is 22.4 Å². The Labute approximate surface area is 134 Å². The molecule has 0 heterocycles. The molecule has 0 aliphatic rings. The van der Waals surface area contributed by atoms with E-state index in [1.54, 1.807) is 24.3 Å².